The Balaban J connectivity index is 2.06. The first-order chi connectivity index (χ1) is 9.97. The van der Waals surface area contributed by atoms with Crippen LogP contribution in [0.5, 0.6) is 0 Å². The van der Waals surface area contributed by atoms with E-state index in [4.69, 9.17) is 11.6 Å². The largest absolute Gasteiger partial charge is 0.352 e. The van der Waals surface area contributed by atoms with E-state index in [1.807, 2.05) is 18.2 Å². The number of anilines is 3. The molecule has 2 heterocycles. The van der Waals surface area contributed by atoms with Crippen LogP contribution in [0.4, 0.5) is 17.1 Å². The van der Waals surface area contributed by atoms with Crippen LogP contribution in [-0.4, -0.2) is 26.2 Å². The van der Waals surface area contributed by atoms with Crippen LogP contribution in [0.1, 0.15) is 5.56 Å². The lowest BCUT2D eigenvalue weighted by atomic mass is 10.1. The lowest BCUT2D eigenvalue weighted by Gasteiger charge is -2.20. The molecule has 0 saturated carbocycles. The Hall–Kier alpha value is -1.79. The number of benzene rings is 1. The van der Waals surface area contributed by atoms with Crippen molar-refractivity contribution in [2.75, 3.05) is 22.4 Å². The third-order valence-corrected chi connectivity index (χ3v) is 4.86. The summed E-state index contributed by atoms with van der Waals surface area (Å²) in [5.74, 6) is 0. The summed E-state index contributed by atoms with van der Waals surface area (Å²) in [7, 11) is -3.29. The van der Waals surface area contributed by atoms with E-state index in [0.29, 0.717) is 29.4 Å². The van der Waals surface area contributed by atoms with Gasteiger partial charge in [-0.3, -0.25) is 9.29 Å². The molecule has 1 aromatic carbocycles. The lowest BCUT2D eigenvalue weighted by molar-refractivity contribution is 0.598. The van der Waals surface area contributed by atoms with Gasteiger partial charge in [0.2, 0.25) is 10.0 Å². The van der Waals surface area contributed by atoms with Gasteiger partial charge >= 0.3 is 0 Å². The molecule has 1 aliphatic rings. The normalized spacial score (nSPS) is 14.1. The van der Waals surface area contributed by atoms with E-state index in [0.717, 1.165) is 11.3 Å². The van der Waals surface area contributed by atoms with Gasteiger partial charge in [-0.05, 0) is 24.1 Å². The number of aromatic nitrogens is 1. The summed E-state index contributed by atoms with van der Waals surface area (Å²) in [4.78, 5) is 3.93. The molecule has 7 heteroatoms. The summed E-state index contributed by atoms with van der Waals surface area (Å²) in [6, 6.07) is 7.45. The molecule has 0 spiro atoms. The highest BCUT2D eigenvalue weighted by Gasteiger charge is 2.28. The molecule has 1 aliphatic heterocycles. The standard InChI is InChI=1S/C14H14ClN3O2S/c1-21(19,20)18-8-6-10-3-2-4-13(14(10)18)17-12-5-7-16-9-11(12)15/h2-5,7,9H,6,8H2,1H3,(H,16,17). The van der Waals surface area contributed by atoms with Gasteiger partial charge in [-0.15, -0.1) is 0 Å². The number of para-hydroxylation sites is 1. The Morgan fingerprint density at radius 2 is 2.10 bits per heavy atom. The van der Waals surface area contributed by atoms with Crippen molar-refractivity contribution in [1.29, 1.82) is 0 Å². The first-order valence-corrected chi connectivity index (χ1v) is 8.65. The number of rotatable bonds is 3. The smallest absolute Gasteiger partial charge is 0.232 e. The van der Waals surface area contributed by atoms with E-state index >= 15 is 0 Å². The maximum Gasteiger partial charge on any atom is 0.232 e. The first kappa shape index (κ1) is 14.2. The van der Waals surface area contributed by atoms with Gasteiger partial charge in [0, 0.05) is 18.9 Å². The third-order valence-electron chi connectivity index (χ3n) is 3.40. The van der Waals surface area contributed by atoms with Crippen molar-refractivity contribution >= 4 is 38.7 Å². The zero-order chi connectivity index (χ0) is 15.0. The van der Waals surface area contributed by atoms with Gasteiger partial charge in [-0.25, -0.2) is 8.42 Å². The fourth-order valence-corrected chi connectivity index (χ4v) is 3.61. The average molecular weight is 324 g/mol. The van der Waals surface area contributed by atoms with E-state index in [1.54, 1.807) is 18.5 Å². The van der Waals surface area contributed by atoms with Gasteiger partial charge in [-0.2, -0.15) is 0 Å². The van der Waals surface area contributed by atoms with Gasteiger partial charge in [0.25, 0.3) is 0 Å². The first-order valence-electron chi connectivity index (χ1n) is 6.43. The van der Waals surface area contributed by atoms with Crippen molar-refractivity contribution in [3.63, 3.8) is 0 Å². The van der Waals surface area contributed by atoms with Gasteiger partial charge in [0.1, 0.15) is 0 Å². The van der Waals surface area contributed by atoms with Crippen LogP contribution in [0, 0.1) is 0 Å². The number of pyridine rings is 1. The number of sulfonamides is 1. The predicted octanol–water partition coefficient (Wildman–Crippen LogP) is 2.80. The number of nitrogens with zero attached hydrogens (tertiary/aromatic N) is 2. The quantitative estimate of drug-likeness (QED) is 0.943. The third kappa shape index (κ3) is 2.69. The summed E-state index contributed by atoms with van der Waals surface area (Å²) in [6.45, 7) is 0.469. The molecule has 21 heavy (non-hydrogen) atoms. The predicted molar refractivity (Wildman–Crippen MR) is 84.9 cm³/mol. The molecule has 110 valence electrons. The van der Waals surface area contributed by atoms with Crippen molar-refractivity contribution < 1.29 is 8.42 Å². The molecule has 0 fully saturated rings. The maximum absolute atomic E-state index is 11.9. The molecule has 2 aromatic rings. The van der Waals surface area contributed by atoms with E-state index in [9.17, 15) is 8.42 Å². The minimum atomic E-state index is -3.29. The van der Waals surface area contributed by atoms with Crippen LogP contribution < -0.4 is 9.62 Å². The summed E-state index contributed by atoms with van der Waals surface area (Å²) in [6.07, 6.45) is 5.10. The molecular formula is C14H14ClN3O2S. The lowest BCUT2D eigenvalue weighted by Crippen LogP contribution is -2.28. The van der Waals surface area contributed by atoms with E-state index < -0.39 is 10.0 Å². The highest BCUT2D eigenvalue weighted by molar-refractivity contribution is 7.92. The van der Waals surface area contributed by atoms with Crippen molar-refractivity contribution in [1.82, 2.24) is 4.98 Å². The zero-order valence-corrected chi connectivity index (χ0v) is 12.9. The Kier molecular flexibility index (Phi) is 3.51. The van der Waals surface area contributed by atoms with Crippen molar-refractivity contribution in [3.05, 3.63) is 47.2 Å². The summed E-state index contributed by atoms with van der Waals surface area (Å²) < 4.78 is 25.3. The Labute approximate surface area is 128 Å². The van der Waals surface area contributed by atoms with E-state index in [1.165, 1.54) is 10.6 Å². The van der Waals surface area contributed by atoms with Crippen LogP contribution in [0.25, 0.3) is 0 Å². The summed E-state index contributed by atoms with van der Waals surface area (Å²) in [5, 5.41) is 3.68. The van der Waals surface area contributed by atoms with E-state index in [-0.39, 0.29) is 0 Å². The Bertz CT molecular complexity index is 793. The summed E-state index contributed by atoms with van der Waals surface area (Å²) in [5.41, 5.74) is 3.13. The van der Waals surface area contributed by atoms with Gasteiger partial charge in [0.05, 0.1) is 28.3 Å². The fourth-order valence-electron chi connectivity index (χ4n) is 2.48. The molecule has 0 radical (unpaired) electrons. The number of hydrogen-bond acceptors (Lipinski definition) is 4. The molecule has 1 N–H and O–H groups in total. The Morgan fingerprint density at radius 1 is 1.29 bits per heavy atom. The van der Waals surface area contributed by atoms with Crippen molar-refractivity contribution in [2.45, 2.75) is 6.42 Å². The van der Waals surface area contributed by atoms with Crippen molar-refractivity contribution in [3.8, 4) is 0 Å². The number of halogens is 1. The summed E-state index contributed by atoms with van der Waals surface area (Å²) >= 11 is 6.09. The highest BCUT2D eigenvalue weighted by atomic mass is 35.5. The zero-order valence-electron chi connectivity index (χ0n) is 11.4. The highest BCUT2D eigenvalue weighted by Crippen LogP contribution is 2.39. The van der Waals surface area contributed by atoms with E-state index in [2.05, 4.69) is 10.3 Å². The van der Waals surface area contributed by atoms with Crippen LogP contribution in [0.2, 0.25) is 5.02 Å². The molecule has 1 aromatic heterocycles. The molecule has 0 atom stereocenters. The van der Waals surface area contributed by atoms with Crippen LogP contribution in [0.15, 0.2) is 36.7 Å². The monoisotopic (exact) mass is 323 g/mol. The number of fused-ring (bicyclic) bond motifs is 1. The average Bonchev–Trinajstić information content (AvgIpc) is 2.86. The molecule has 3 rings (SSSR count). The number of hydrogen-bond donors (Lipinski definition) is 1. The van der Waals surface area contributed by atoms with Gasteiger partial charge < -0.3 is 5.32 Å². The van der Waals surface area contributed by atoms with Crippen LogP contribution in [0.3, 0.4) is 0 Å². The Morgan fingerprint density at radius 3 is 2.81 bits per heavy atom. The molecule has 5 nitrogen and oxygen atoms in total. The maximum atomic E-state index is 11.9. The molecule has 0 amide bonds. The minimum Gasteiger partial charge on any atom is -0.352 e. The molecule has 0 unspecified atom stereocenters. The molecule has 0 saturated heterocycles. The SMILES string of the molecule is CS(=O)(=O)N1CCc2cccc(Nc3ccncc3Cl)c21. The van der Waals surface area contributed by atoms with Gasteiger partial charge in [0.15, 0.2) is 0 Å². The topological polar surface area (TPSA) is 62.3 Å². The second-order valence-corrected chi connectivity index (χ2v) is 7.19. The van der Waals surface area contributed by atoms with Crippen LogP contribution >= 0.6 is 11.6 Å². The van der Waals surface area contributed by atoms with Gasteiger partial charge in [-0.1, -0.05) is 23.7 Å². The van der Waals surface area contributed by atoms with Crippen LogP contribution in [-0.2, 0) is 16.4 Å². The number of nitrogens with one attached hydrogen (secondary N) is 1. The fraction of sp³-hybridized carbons (Fsp3) is 0.214. The van der Waals surface area contributed by atoms with Crippen molar-refractivity contribution in [2.24, 2.45) is 0 Å². The second kappa shape index (κ2) is 5.20. The molecular weight excluding hydrogens is 310 g/mol. The second-order valence-electron chi connectivity index (χ2n) is 4.88. The molecule has 0 bridgehead atoms. The minimum absolute atomic E-state index is 0.469. The molecule has 0 aliphatic carbocycles.